The van der Waals surface area contributed by atoms with Gasteiger partial charge in [0.15, 0.2) is 0 Å². The molecule has 1 saturated heterocycles. The van der Waals surface area contributed by atoms with Crippen molar-refractivity contribution in [1.82, 2.24) is 14.5 Å². The van der Waals surface area contributed by atoms with Crippen LogP contribution in [-0.2, 0) is 11.3 Å². The van der Waals surface area contributed by atoms with Crippen LogP contribution in [-0.4, -0.2) is 33.4 Å². The Labute approximate surface area is 145 Å². The molecule has 3 aromatic heterocycles. The first-order valence-corrected chi connectivity index (χ1v) is 9.23. The zero-order valence-electron chi connectivity index (χ0n) is 14.1. The van der Waals surface area contributed by atoms with E-state index in [0.29, 0.717) is 6.54 Å². The van der Waals surface area contributed by atoms with Crippen molar-refractivity contribution in [3.63, 3.8) is 0 Å². The quantitative estimate of drug-likeness (QED) is 0.723. The minimum Gasteiger partial charge on any atom is -0.341 e. The Morgan fingerprint density at radius 2 is 2.04 bits per heavy atom. The van der Waals surface area contributed by atoms with E-state index < -0.39 is 0 Å². The average Bonchev–Trinajstić information content (AvgIpc) is 3.29. The van der Waals surface area contributed by atoms with Crippen molar-refractivity contribution in [3.8, 4) is 10.4 Å². The number of aromatic nitrogens is 2. The molecular weight excluding hydrogens is 318 g/mol. The van der Waals surface area contributed by atoms with E-state index in [2.05, 4.69) is 47.8 Å². The van der Waals surface area contributed by atoms with E-state index in [1.165, 1.54) is 9.75 Å². The number of carbonyl (C=O) groups excluding carboxylic acids is 1. The lowest BCUT2D eigenvalue weighted by molar-refractivity contribution is -0.130. The van der Waals surface area contributed by atoms with Crippen LogP contribution in [0.25, 0.3) is 21.5 Å². The van der Waals surface area contributed by atoms with Crippen molar-refractivity contribution < 1.29 is 4.79 Å². The monoisotopic (exact) mass is 339 g/mol. The Bertz CT molecular complexity index is 903. The first-order valence-electron chi connectivity index (χ1n) is 8.42. The van der Waals surface area contributed by atoms with Gasteiger partial charge < -0.3 is 9.47 Å². The molecule has 0 aromatic carbocycles. The predicted octanol–water partition coefficient (Wildman–Crippen LogP) is 4.00. The molecule has 0 unspecified atom stereocenters. The number of aryl methyl sites for hydroxylation is 2. The van der Waals surface area contributed by atoms with Crippen LogP contribution in [0.1, 0.15) is 23.3 Å². The van der Waals surface area contributed by atoms with E-state index in [4.69, 9.17) is 0 Å². The van der Waals surface area contributed by atoms with Gasteiger partial charge in [-0.05, 0) is 50.5 Å². The number of nitrogens with zero attached hydrogens (tertiary/aromatic N) is 3. The number of carbonyl (C=O) groups is 1. The van der Waals surface area contributed by atoms with E-state index >= 15 is 0 Å². The molecule has 4 heterocycles. The molecule has 0 atom stereocenters. The number of fused-ring (bicyclic) bond motifs is 1. The number of hydrogen-bond acceptors (Lipinski definition) is 3. The Kier molecular flexibility index (Phi) is 3.88. The minimum atomic E-state index is 0.210. The van der Waals surface area contributed by atoms with Crippen LogP contribution in [0.4, 0.5) is 0 Å². The molecule has 24 heavy (non-hydrogen) atoms. The zero-order chi connectivity index (χ0) is 16.7. The van der Waals surface area contributed by atoms with Crippen LogP contribution in [0.2, 0.25) is 0 Å². The van der Waals surface area contributed by atoms with E-state index in [1.807, 2.05) is 11.1 Å². The molecule has 124 valence electrons. The second-order valence-corrected chi connectivity index (χ2v) is 7.82. The summed E-state index contributed by atoms with van der Waals surface area (Å²) < 4.78 is 2.06. The molecule has 5 heteroatoms. The second kappa shape index (κ2) is 6.06. The number of hydrogen-bond donors (Lipinski definition) is 0. The Morgan fingerprint density at radius 1 is 1.25 bits per heavy atom. The number of rotatable bonds is 3. The lowest BCUT2D eigenvalue weighted by atomic mass is 10.2. The number of amides is 1. The number of likely N-dealkylation sites (tertiary alicyclic amines) is 1. The molecule has 0 N–H and O–H groups in total. The van der Waals surface area contributed by atoms with Crippen molar-refractivity contribution in [3.05, 3.63) is 41.0 Å². The summed E-state index contributed by atoms with van der Waals surface area (Å²) in [6.45, 7) is 6.37. The summed E-state index contributed by atoms with van der Waals surface area (Å²) >= 11 is 1.77. The van der Waals surface area contributed by atoms with Gasteiger partial charge in [0.05, 0.1) is 11.0 Å². The molecule has 1 aliphatic rings. The fourth-order valence-corrected chi connectivity index (χ4v) is 4.26. The van der Waals surface area contributed by atoms with Crippen LogP contribution >= 0.6 is 11.3 Å². The zero-order valence-corrected chi connectivity index (χ0v) is 14.9. The summed E-state index contributed by atoms with van der Waals surface area (Å²) in [4.78, 5) is 21.7. The Hall–Kier alpha value is -2.14. The van der Waals surface area contributed by atoms with E-state index in [1.54, 1.807) is 11.3 Å². The molecule has 0 bridgehead atoms. The molecule has 0 saturated carbocycles. The maximum atomic E-state index is 12.5. The molecule has 1 fully saturated rings. The van der Waals surface area contributed by atoms with E-state index in [0.717, 1.165) is 48.1 Å². The summed E-state index contributed by atoms with van der Waals surface area (Å²) in [5.74, 6) is 0.210. The smallest absolute Gasteiger partial charge is 0.242 e. The van der Waals surface area contributed by atoms with Gasteiger partial charge in [0.25, 0.3) is 0 Å². The van der Waals surface area contributed by atoms with Gasteiger partial charge in [-0.15, -0.1) is 11.3 Å². The fraction of sp³-hybridized carbons (Fsp3) is 0.368. The van der Waals surface area contributed by atoms with Gasteiger partial charge >= 0.3 is 0 Å². The molecule has 0 spiro atoms. The summed E-state index contributed by atoms with van der Waals surface area (Å²) in [6.07, 6.45) is 6.24. The third kappa shape index (κ3) is 2.73. The summed E-state index contributed by atoms with van der Waals surface area (Å²) in [7, 11) is 0. The maximum absolute atomic E-state index is 12.5. The predicted molar refractivity (Wildman–Crippen MR) is 98.3 cm³/mol. The SMILES string of the molecule is Cc1ccc(-c2cnc3c(C)cn(CC(=O)N4CCCC4)c3c2)s1. The molecule has 4 nitrogen and oxygen atoms in total. The van der Waals surface area contributed by atoms with E-state index in [-0.39, 0.29) is 5.91 Å². The third-order valence-electron chi connectivity index (χ3n) is 4.69. The van der Waals surface area contributed by atoms with Crippen molar-refractivity contribution in [2.45, 2.75) is 33.2 Å². The highest BCUT2D eigenvalue weighted by Gasteiger charge is 2.19. The first kappa shape index (κ1) is 15.4. The van der Waals surface area contributed by atoms with Crippen LogP contribution in [0.5, 0.6) is 0 Å². The van der Waals surface area contributed by atoms with Crippen molar-refractivity contribution in [1.29, 1.82) is 0 Å². The molecule has 3 aromatic rings. The molecular formula is C19H21N3OS. The summed E-state index contributed by atoms with van der Waals surface area (Å²) in [5.41, 5.74) is 4.27. The number of thiophene rings is 1. The molecule has 4 rings (SSSR count). The van der Waals surface area contributed by atoms with Crippen LogP contribution in [0.15, 0.2) is 30.6 Å². The number of pyridine rings is 1. The molecule has 0 radical (unpaired) electrons. The highest BCUT2D eigenvalue weighted by atomic mass is 32.1. The van der Waals surface area contributed by atoms with Crippen LogP contribution in [0.3, 0.4) is 0 Å². The summed E-state index contributed by atoms with van der Waals surface area (Å²) in [6, 6.07) is 6.43. The molecule has 0 aliphatic carbocycles. The van der Waals surface area contributed by atoms with Crippen molar-refractivity contribution in [2.24, 2.45) is 0 Å². The Morgan fingerprint density at radius 3 is 2.75 bits per heavy atom. The van der Waals surface area contributed by atoms with Crippen molar-refractivity contribution >= 4 is 28.3 Å². The van der Waals surface area contributed by atoms with Gasteiger partial charge in [0.1, 0.15) is 6.54 Å². The summed E-state index contributed by atoms with van der Waals surface area (Å²) in [5, 5.41) is 0. The lowest BCUT2D eigenvalue weighted by Crippen LogP contribution is -2.30. The van der Waals surface area contributed by atoms with Gasteiger partial charge in [0, 0.05) is 40.8 Å². The van der Waals surface area contributed by atoms with Gasteiger partial charge in [0.2, 0.25) is 5.91 Å². The van der Waals surface area contributed by atoms with Crippen LogP contribution < -0.4 is 0 Å². The standard InChI is InChI=1S/C19H21N3OS/c1-13-11-22(12-18(23)21-7-3-4-8-21)16-9-15(10-20-19(13)16)17-6-5-14(2)24-17/h5-6,9-11H,3-4,7-8,12H2,1-2H3. The van der Waals surface area contributed by atoms with Gasteiger partial charge in [-0.1, -0.05) is 0 Å². The van der Waals surface area contributed by atoms with Gasteiger partial charge in [-0.2, -0.15) is 0 Å². The second-order valence-electron chi connectivity index (χ2n) is 6.53. The minimum absolute atomic E-state index is 0.210. The topological polar surface area (TPSA) is 38.1 Å². The van der Waals surface area contributed by atoms with Gasteiger partial charge in [-0.25, -0.2) is 0 Å². The van der Waals surface area contributed by atoms with Gasteiger partial charge in [-0.3, -0.25) is 9.78 Å². The molecule has 1 aliphatic heterocycles. The third-order valence-corrected chi connectivity index (χ3v) is 5.74. The average molecular weight is 339 g/mol. The largest absolute Gasteiger partial charge is 0.341 e. The van der Waals surface area contributed by atoms with E-state index in [9.17, 15) is 4.79 Å². The highest BCUT2D eigenvalue weighted by molar-refractivity contribution is 7.15. The van der Waals surface area contributed by atoms with Crippen LogP contribution in [0, 0.1) is 13.8 Å². The lowest BCUT2D eigenvalue weighted by Gasteiger charge is -2.16. The molecule has 1 amide bonds. The normalized spacial score (nSPS) is 14.7. The fourth-order valence-electron chi connectivity index (χ4n) is 3.41. The van der Waals surface area contributed by atoms with Crippen molar-refractivity contribution in [2.75, 3.05) is 13.1 Å². The Balaban J connectivity index is 1.70. The highest BCUT2D eigenvalue weighted by Crippen LogP contribution is 2.30. The first-order chi connectivity index (χ1) is 11.6. The maximum Gasteiger partial charge on any atom is 0.242 e.